The standard InChI is InChI=1S/C15H12FNO3S2/c1-9-8-21-15(19)17(9)5-6-20-14(18)13-7-10-11(16)3-2-4-12(10)22-13/h2-4,7-8H,5-6H2,1H3. The summed E-state index contributed by atoms with van der Waals surface area (Å²) in [6.07, 6.45) is 0. The number of benzene rings is 1. The summed E-state index contributed by atoms with van der Waals surface area (Å²) in [5.41, 5.74) is 0.843. The van der Waals surface area contributed by atoms with E-state index in [1.54, 1.807) is 22.1 Å². The lowest BCUT2D eigenvalue weighted by molar-refractivity contribution is 0.0496. The zero-order valence-corrected chi connectivity index (χ0v) is 13.3. The average molecular weight is 337 g/mol. The minimum Gasteiger partial charge on any atom is -0.460 e. The Balaban J connectivity index is 1.69. The van der Waals surface area contributed by atoms with Gasteiger partial charge in [0.25, 0.3) is 0 Å². The highest BCUT2D eigenvalue weighted by atomic mass is 32.1. The van der Waals surface area contributed by atoms with Gasteiger partial charge in [0.2, 0.25) is 0 Å². The van der Waals surface area contributed by atoms with E-state index in [0.29, 0.717) is 21.5 Å². The Hall–Kier alpha value is -1.99. The van der Waals surface area contributed by atoms with Crippen LogP contribution in [0.25, 0.3) is 10.1 Å². The second-order valence-electron chi connectivity index (χ2n) is 4.69. The Morgan fingerprint density at radius 2 is 2.23 bits per heavy atom. The van der Waals surface area contributed by atoms with Gasteiger partial charge in [-0.2, -0.15) is 0 Å². The van der Waals surface area contributed by atoms with Crippen molar-refractivity contribution in [2.75, 3.05) is 6.61 Å². The van der Waals surface area contributed by atoms with Gasteiger partial charge in [-0.1, -0.05) is 17.4 Å². The van der Waals surface area contributed by atoms with E-state index < -0.39 is 5.97 Å². The van der Waals surface area contributed by atoms with E-state index in [2.05, 4.69) is 0 Å². The van der Waals surface area contributed by atoms with Crippen molar-refractivity contribution in [2.24, 2.45) is 0 Å². The van der Waals surface area contributed by atoms with Crippen LogP contribution < -0.4 is 4.87 Å². The summed E-state index contributed by atoms with van der Waals surface area (Å²) < 4.78 is 21.0. The molecule has 0 unspecified atom stereocenters. The van der Waals surface area contributed by atoms with Crippen molar-refractivity contribution < 1.29 is 13.9 Å². The van der Waals surface area contributed by atoms with Gasteiger partial charge in [-0.15, -0.1) is 11.3 Å². The lowest BCUT2D eigenvalue weighted by atomic mass is 10.2. The van der Waals surface area contributed by atoms with E-state index in [0.717, 1.165) is 17.0 Å². The number of rotatable bonds is 4. The second kappa shape index (κ2) is 6.02. The molecule has 3 aromatic rings. The third-order valence-corrected chi connectivity index (χ3v) is 5.20. The smallest absolute Gasteiger partial charge is 0.348 e. The van der Waals surface area contributed by atoms with Crippen LogP contribution in [0, 0.1) is 12.7 Å². The number of aryl methyl sites for hydroxylation is 1. The second-order valence-corrected chi connectivity index (χ2v) is 6.60. The predicted octanol–water partition coefficient (Wildman–Crippen LogP) is 3.43. The largest absolute Gasteiger partial charge is 0.460 e. The van der Waals surface area contributed by atoms with Crippen molar-refractivity contribution in [1.29, 1.82) is 0 Å². The van der Waals surface area contributed by atoms with Crippen molar-refractivity contribution in [3.05, 3.63) is 55.7 Å². The van der Waals surface area contributed by atoms with Gasteiger partial charge >= 0.3 is 10.8 Å². The highest BCUT2D eigenvalue weighted by Crippen LogP contribution is 2.28. The number of ether oxygens (including phenoxy) is 1. The fraction of sp³-hybridized carbons (Fsp3) is 0.200. The summed E-state index contributed by atoms with van der Waals surface area (Å²) in [4.78, 5) is 23.8. The van der Waals surface area contributed by atoms with E-state index in [1.165, 1.54) is 23.5 Å². The number of carbonyl (C=O) groups is 1. The molecule has 0 aliphatic rings. The zero-order chi connectivity index (χ0) is 15.7. The maximum atomic E-state index is 13.6. The number of nitrogens with zero attached hydrogens (tertiary/aromatic N) is 1. The highest BCUT2D eigenvalue weighted by Gasteiger charge is 2.14. The van der Waals surface area contributed by atoms with Gasteiger partial charge in [-0.3, -0.25) is 9.36 Å². The molecule has 0 atom stereocenters. The van der Waals surface area contributed by atoms with Crippen molar-refractivity contribution in [3.63, 3.8) is 0 Å². The number of esters is 1. The Bertz CT molecular complexity index is 894. The molecule has 0 radical (unpaired) electrons. The molecule has 0 amide bonds. The summed E-state index contributed by atoms with van der Waals surface area (Å²) in [5, 5.41) is 2.18. The fourth-order valence-electron chi connectivity index (χ4n) is 2.10. The van der Waals surface area contributed by atoms with Gasteiger partial charge in [0.15, 0.2) is 0 Å². The lowest BCUT2D eigenvalue weighted by Crippen LogP contribution is -2.19. The van der Waals surface area contributed by atoms with Crippen LogP contribution in [0.5, 0.6) is 0 Å². The van der Waals surface area contributed by atoms with Gasteiger partial charge in [0, 0.05) is 21.2 Å². The van der Waals surface area contributed by atoms with E-state index in [-0.39, 0.29) is 17.3 Å². The van der Waals surface area contributed by atoms with Crippen LogP contribution in [0.3, 0.4) is 0 Å². The molecule has 2 aromatic heterocycles. The van der Waals surface area contributed by atoms with Crippen LogP contribution in [-0.2, 0) is 11.3 Å². The molecule has 0 saturated carbocycles. The number of halogens is 1. The van der Waals surface area contributed by atoms with Crippen molar-refractivity contribution in [1.82, 2.24) is 4.57 Å². The first-order valence-corrected chi connectivity index (χ1v) is 8.26. The molecule has 0 bridgehead atoms. The van der Waals surface area contributed by atoms with Crippen LogP contribution in [0.4, 0.5) is 4.39 Å². The maximum Gasteiger partial charge on any atom is 0.348 e. The molecule has 0 spiro atoms. The molecule has 22 heavy (non-hydrogen) atoms. The number of aromatic nitrogens is 1. The number of thiophene rings is 1. The summed E-state index contributed by atoms with van der Waals surface area (Å²) in [5.74, 6) is -0.852. The summed E-state index contributed by atoms with van der Waals surface area (Å²) in [6.45, 7) is 2.25. The van der Waals surface area contributed by atoms with E-state index >= 15 is 0 Å². The molecule has 3 rings (SSSR count). The molecule has 0 saturated heterocycles. The summed E-state index contributed by atoms with van der Waals surface area (Å²) >= 11 is 2.31. The quantitative estimate of drug-likeness (QED) is 0.685. The third-order valence-electron chi connectivity index (χ3n) is 3.23. The Morgan fingerprint density at radius 1 is 1.41 bits per heavy atom. The molecular formula is C15H12FNO3S2. The first-order valence-electron chi connectivity index (χ1n) is 6.56. The van der Waals surface area contributed by atoms with Crippen LogP contribution in [0.1, 0.15) is 15.4 Å². The molecule has 114 valence electrons. The molecule has 0 aliphatic heterocycles. The van der Waals surface area contributed by atoms with E-state index in [9.17, 15) is 14.0 Å². The molecule has 0 fully saturated rings. The SMILES string of the molecule is Cc1csc(=O)n1CCOC(=O)c1cc2c(F)cccc2s1. The minimum atomic E-state index is -0.499. The summed E-state index contributed by atoms with van der Waals surface area (Å²) in [6, 6.07) is 6.22. The Labute approximate surface area is 133 Å². The van der Waals surface area contributed by atoms with Crippen LogP contribution in [0.15, 0.2) is 34.4 Å². The number of thiazole rings is 1. The van der Waals surface area contributed by atoms with Crippen molar-refractivity contribution >= 4 is 38.7 Å². The van der Waals surface area contributed by atoms with Gasteiger partial charge in [0.05, 0.1) is 6.54 Å². The first kappa shape index (κ1) is 14.9. The van der Waals surface area contributed by atoms with Crippen molar-refractivity contribution in [3.8, 4) is 0 Å². The zero-order valence-electron chi connectivity index (χ0n) is 11.7. The fourth-order valence-corrected chi connectivity index (χ4v) is 3.83. The third kappa shape index (κ3) is 2.82. The van der Waals surface area contributed by atoms with Gasteiger partial charge < -0.3 is 4.74 Å². The number of hydrogen-bond donors (Lipinski definition) is 0. The Kier molecular flexibility index (Phi) is 4.08. The molecule has 4 nitrogen and oxygen atoms in total. The van der Waals surface area contributed by atoms with Crippen LogP contribution in [0.2, 0.25) is 0 Å². The monoisotopic (exact) mass is 337 g/mol. The average Bonchev–Trinajstić information content (AvgIpc) is 3.06. The normalized spacial score (nSPS) is 11.0. The first-order chi connectivity index (χ1) is 10.6. The highest BCUT2D eigenvalue weighted by molar-refractivity contribution is 7.20. The van der Waals surface area contributed by atoms with Crippen molar-refractivity contribution in [2.45, 2.75) is 13.5 Å². The van der Waals surface area contributed by atoms with Crippen LogP contribution in [-0.4, -0.2) is 17.1 Å². The lowest BCUT2D eigenvalue weighted by Gasteiger charge is -2.05. The Morgan fingerprint density at radius 3 is 2.91 bits per heavy atom. The molecule has 7 heteroatoms. The van der Waals surface area contributed by atoms with E-state index in [1.807, 2.05) is 6.92 Å². The van der Waals surface area contributed by atoms with Gasteiger partial charge in [-0.05, 0) is 25.1 Å². The minimum absolute atomic E-state index is 0.0718. The van der Waals surface area contributed by atoms with Gasteiger partial charge in [-0.25, -0.2) is 9.18 Å². The molecular weight excluding hydrogens is 325 g/mol. The predicted molar refractivity (Wildman–Crippen MR) is 85.4 cm³/mol. The van der Waals surface area contributed by atoms with E-state index in [4.69, 9.17) is 4.74 Å². The topological polar surface area (TPSA) is 48.3 Å². The number of carbonyl (C=O) groups excluding carboxylic acids is 1. The van der Waals surface area contributed by atoms with Crippen LogP contribution >= 0.6 is 22.7 Å². The molecule has 0 N–H and O–H groups in total. The molecule has 0 aliphatic carbocycles. The summed E-state index contributed by atoms with van der Waals surface area (Å²) in [7, 11) is 0. The maximum absolute atomic E-state index is 13.6. The van der Waals surface area contributed by atoms with Gasteiger partial charge in [0.1, 0.15) is 17.3 Å². The number of hydrogen-bond acceptors (Lipinski definition) is 5. The number of fused-ring (bicyclic) bond motifs is 1. The molecule has 1 aromatic carbocycles. The molecule has 2 heterocycles.